The van der Waals surface area contributed by atoms with Gasteiger partial charge in [-0.05, 0) is 58.8 Å². The highest BCUT2D eigenvalue weighted by Crippen LogP contribution is 2.26. The number of halogens is 3. The second-order valence-electron chi connectivity index (χ2n) is 9.36. The number of nitrogens with zero attached hydrogens (tertiary/aromatic N) is 7. The third-order valence-electron chi connectivity index (χ3n) is 6.15. The molecule has 0 spiro atoms. The summed E-state index contributed by atoms with van der Waals surface area (Å²) in [4.78, 5) is 24.8. The van der Waals surface area contributed by atoms with E-state index in [9.17, 15) is 18.0 Å². The lowest BCUT2D eigenvalue weighted by Crippen LogP contribution is -2.17. The Kier molecular flexibility index (Phi) is 8.09. The fourth-order valence-corrected chi connectivity index (χ4v) is 4.16. The van der Waals surface area contributed by atoms with E-state index in [2.05, 4.69) is 35.4 Å². The molecule has 2 aromatic heterocycles. The van der Waals surface area contributed by atoms with Gasteiger partial charge in [0, 0.05) is 43.0 Å². The van der Waals surface area contributed by atoms with Crippen LogP contribution in [0.4, 0.5) is 36.3 Å². The largest absolute Gasteiger partial charge is 0.573 e. The summed E-state index contributed by atoms with van der Waals surface area (Å²) in [6, 6.07) is 22.1. The maximum Gasteiger partial charge on any atom is 0.573 e. The zero-order valence-corrected chi connectivity index (χ0v) is 22.6. The summed E-state index contributed by atoms with van der Waals surface area (Å²) in [6.45, 7) is 0. The van der Waals surface area contributed by atoms with Crippen molar-refractivity contribution in [3.63, 3.8) is 0 Å². The second kappa shape index (κ2) is 12.0. The topological polar surface area (TPSA) is 111 Å². The Morgan fingerprint density at radius 3 is 2.31 bits per heavy atom. The number of carbonyl (C=O) groups excluding carboxylic acids is 1. The lowest BCUT2D eigenvalue weighted by Gasteiger charge is -2.19. The highest BCUT2D eigenvalue weighted by atomic mass is 19.4. The minimum Gasteiger partial charge on any atom is -0.406 e. The first kappa shape index (κ1) is 28.2. The summed E-state index contributed by atoms with van der Waals surface area (Å²) in [5.74, 6) is 1.18. The summed E-state index contributed by atoms with van der Waals surface area (Å²) in [6.07, 6.45) is -2.81. The molecule has 0 aliphatic rings. The van der Waals surface area contributed by atoms with E-state index in [-0.39, 0.29) is 24.4 Å². The maximum absolute atomic E-state index is 12.6. The van der Waals surface area contributed by atoms with Crippen LogP contribution in [-0.4, -0.2) is 49.4 Å². The van der Waals surface area contributed by atoms with Crippen LogP contribution in [0.5, 0.6) is 5.75 Å². The van der Waals surface area contributed by atoms with E-state index in [1.54, 1.807) is 19.3 Å². The molecule has 0 unspecified atom stereocenters. The van der Waals surface area contributed by atoms with E-state index in [1.165, 1.54) is 29.1 Å². The number of aryl methyl sites for hydroxylation is 1. The number of hydrogen-bond donors (Lipinski definition) is 1. The quantitative estimate of drug-likeness (QED) is 0.233. The predicted octanol–water partition coefficient (Wildman–Crippen LogP) is 5.43. The van der Waals surface area contributed by atoms with Crippen molar-refractivity contribution in [1.82, 2.24) is 30.2 Å². The van der Waals surface area contributed by atoms with Crippen LogP contribution in [0, 0.1) is 0 Å². The van der Waals surface area contributed by atoms with Crippen LogP contribution in [0.1, 0.15) is 11.1 Å². The number of alkyl halides is 3. The van der Waals surface area contributed by atoms with Crippen molar-refractivity contribution in [3.8, 4) is 17.1 Å². The third kappa shape index (κ3) is 7.44. The van der Waals surface area contributed by atoms with Gasteiger partial charge in [-0.1, -0.05) is 36.4 Å². The average molecular weight is 575 g/mol. The molecule has 1 N–H and O–H groups in total. The number of hydrogen-bond acceptors (Lipinski definition) is 9. The van der Waals surface area contributed by atoms with Gasteiger partial charge < -0.3 is 15.0 Å². The number of nitrogens with one attached hydrogen (secondary N) is 1. The van der Waals surface area contributed by atoms with Gasteiger partial charge in [0.2, 0.25) is 11.8 Å². The fraction of sp³-hybridized carbons (Fsp3) is 0.172. The molecule has 3 aromatic carbocycles. The molecule has 0 radical (unpaired) electrons. The fourth-order valence-electron chi connectivity index (χ4n) is 4.16. The maximum atomic E-state index is 12.6. The monoisotopic (exact) mass is 574 g/mol. The number of benzene rings is 3. The van der Waals surface area contributed by atoms with Gasteiger partial charge in [-0.2, -0.15) is 9.78 Å². The molecule has 2 heterocycles. The number of tetrazole rings is 1. The van der Waals surface area contributed by atoms with Gasteiger partial charge in [-0.15, -0.1) is 23.4 Å². The summed E-state index contributed by atoms with van der Waals surface area (Å²) in [5.41, 5.74) is 3.84. The van der Waals surface area contributed by atoms with Crippen LogP contribution < -0.4 is 15.0 Å². The molecule has 42 heavy (non-hydrogen) atoms. The molecule has 0 saturated carbocycles. The SMILES string of the molecule is CN(c1ccc(CC(=O)Cc2ccc(OC(F)(F)F)cc2)cc1)c1ccnc(Nc2cccc(-c3nnn(C)n3)c2)n1. The van der Waals surface area contributed by atoms with E-state index >= 15 is 0 Å². The number of aromatic nitrogens is 6. The zero-order valence-electron chi connectivity index (χ0n) is 22.6. The van der Waals surface area contributed by atoms with Crippen molar-refractivity contribution in [2.75, 3.05) is 17.3 Å². The van der Waals surface area contributed by atoms with Crippen LogP contribution in [0.2, 0.25) is 0 Å². The normalized spacial score (nSPS) is 11.3. The molecule has 13 heteroatoms. The van der Waals surface area contributed by atoms with Gasteiger partial charge in [0.15, 0.2) is 0 Å². The van der Waals surface area contributed by atoms with Gasteiger partial charge in [0.25, 0.3) is 0 Å². The van der Waals surface area contributed by atoms with E-state index in [0.29, 0.717) is 23.2 Å². The molecule has 0 aliphatic heterocycles. The summed E-state index contributed by atoms with van der Waals surface area (Å²) >= 11 is 0. The number of Topliss-reactive ketones (excluding diaryl/α,β-unsaturated/α-hetero) is 1. The number of ketones is 1. The summed E-state index contributed by atoms with van der Waals surface area (Å²) in [5, 5.41) is 15.3. The van der Waals surface area contributed by atoms with E-state index in [1.807, 2.05) is 60.5 Å². The molecular formula is C29H25F3N8O2. The third-order valence-corrected chi connectivity index (χ3v) is 6.15. The molecule has 0 atom stereocenters. The van der Waals surface area contributed by atoms with Gasteiger partial charge in [0.05, 0.1) is 7.05 Å². The van der Waals surface area contributed by atoms with Crippen LogP contribution in [0.25, 0.3) is 11.4 Å². The Morgan fingerprint density at radius 1 is 0.976 bits per heavy atom. The van der Waals surface area contributed by atoms with Crippen molar-refractivity contribution in [2.45, 2.75) is 19.2 Å². The Balaban J connectivity index is 1.19. The first-order valence-electron chi connectivity index (χ1n) is 12.7. The van der Waals surface area contributed by atoms with Crippen LogP contribution in [0.15, 0.2) is 85.1 Å². The standard InChI is InChI=1S/C29H25F3N8O2/c1-39(26-14-15-33-28(35-26)34-22-5-3-4-21(18-22)27-36-38-40(2)37-27)23-10-6-19(7-11-23)16-24(41)17-20-8-12-25(13-9-20)42-29(30,31)32/h3-15,18H,16-17H2,1-2H3,(H,33,34,35). The van der Waals surface area contributed by atoms with Gasteiger partial charge in [-0.25, -0.2) is 4.98 Å². The Hall–Kier alpha value is -5.33. The second-order valence-corrected chi connectivity index (χ2v) is 9.36. The predicted molar refractivity (Wildman–Crippen MR) is 150 cm³/mol. The lowest BCUT2D eigenvalue weighted by molar-refractivity contribution is -0.274. The van der Waals surface area contributed by atoms with E-state index in [4.69, 9.17) is 0 Å². The summed E-state index contributed by atoms with van der Waals surface area (Å²) < 4.78 is 40.9. The minimum absolute atomic E-state index is 0.0636. The molecule has 10 nitrogen and oxygen atoms in total. The molecular weight excluding hydrogens is 549 g/mol. The molecule has 0 saturated heterocycles. The smallest absolute Gasteiger partial charge is 0.406 e. The van der Waals surface area contributed by atoms with Gasteiger partial charge >= 0.3 is 6.36 Å². The molecule has 5 rings (SSSR count). The van der Waals surface area contributed by atoms with E-state index in [0.717, 1.165) is 22.5 Å². The summed E-state index contributed by atoms with van der Waals surface area (Å²) in [7, 11) is 3.58. The number of carbonyl (C=O) groups is 1. The molecule has 0 amide bonds. The van der Waals surface area contributed by atoms with Crippen LogP contribution in [0.3, 0.4) is 0 Å². The van der Waals surface area contributed by atoms with Crippen molar-refractivity contribution in [2.24, 2.45) is 7.05 Å². The molecule has 0 aliphatic carbocycles. The first-order chi connectivity index (χ1) is 20.1. The van der Waals surface area contributed by atoms with Crippen LogP contribution in [-0.2, 0) is 24.7 Å². The number of ether oxygens (including phenoxy) is 1. The van der Waals surface area contributed by atoms with E-state index < -0.39 is 6.36 Å². The first-order valence-corrected chi connectivity index (χ1v) is 12.7. The average Bonchev–Trinajstić information content (AvgIpc) is 3.40. The van der Waals surface area contributed by atoms with Crippen molar-refractivity contribution >= 4 is 28.9 Å². The van der Waals surface area contributed by atoms with Crippen molar-refractivity contribution in [3.05, 3.63) is 96.2 Å². The Labute approximate surface area is 238 Å². The number of anilines is 4. The molecule has 0 bridgehead atoms. The molecule has 5 aromatic rings. The molecule has 214 valence electrons. The molecule has 0 fully saturated rings. The van der Waals surface area contributed by atoms with Crippen molar-refractivity contribution < 1.29 is 22.7 Å². The zero-order chi connectivity index (χ0) is 29.7. The Morgan fingerprint density at radius 2 is 1.67 bits per heavy atom. The highest BCUT2D eigenvalue weighted by molar-refractivity contribution is 5.83. The Bertz CT molecular complexity index is 1670. The van der Waals surface area contributed by atoms with Gasteiger partial charge in [-0.3, -0.25) is 4.79 Å². The van der Waals surface area contributed by atoms with Crippen LogP contribution >= 0.6 is 0 Å². The van der Waals surface area contributed by atoms with Crippen molar-refractivity contribution in [1.29, 1.82) is 0 Å². The van der Waals surface area contributed by atoms with Gasteiger partial charge in [0.1, 0.15) is 17.4 Å². The number of rotatable bonds is 10. The lowest BCUT2D eigenvalue weighted by atomic mass is 10.0. The highest BCUT2D eigenvalue weighted by Gasteiger charge is 2.31. The minimum atomic E-state index is -4.76.